The maximum atomic E-state index is 6.29. The van der Waals surface area contributed by atoms with Crippen molar-refractivity contribution in [1.29, 1.82) is 0 Å². The Morgan fingerprint density at radius 3 is 2.82 bits per heavy atom. The molecule has 0 atom stereocenters. The zero-order valence-corrected chi connectivity index (χ0v) is 17.2. The molecular weight excluding hydrogens is 382 g/mol. The first-order chi connectivity index (χ1) is 13.8. The van der Waals surface area contributed by atoms with Gasteiger partial charge in [0.25, 0.3) is 0 Å². The molecule has 2 aliphatic rings. The third kappa shape index (κ3) is 6.43. The second kappa shape index (κ2) is 11.3. The molecule has 0 radical (unpaired) electrons. The topological polar surface area (TPSA) is 73.3 Å². The molecule has 0 bridgehead atoms. The Balaban J connectivity index is 1.33. The Kier molecular flexibility index (Phi) is 8.51. The quantitative estimate of drug-likeness (QED) is 0.389. The van der Waals surface area contributed by atoms with Crippen LogP contribution in [0.4, 0.5) is 0 Å². The Bertz CT molecular complexity index is 651. The predicted octanol–water partition coefficient (Wildman–Crippen LogP) is 2.61. The van der Waals surface area contributed by atoms with E-state index in [0.717, 1.165) is 63.8 Å². The number of ether oxygens (including phenoxy) is 4. The molecule has 0 amide bonds. The van der Waals surface area contributed by atoms with Gasteiger partial charge in [-0.15, -0.1) is 0 Å². The third-order valence-corrected chi connectivity index (χ3v) is 5.07. The summed E-state index contributed by atoms with van der Waals surface area (Å²) in [5.41, 5.74) is 1.01. The van der Waals surface area contributed by atoms with Gasteiger partial charge in [0.1, 0.15) is 13.2 Å². The summed E-state index contributed by atoms with van der Waals surface area (Å²) in [4.78, 5) is 4.26. The van der Waals surface area contributed by atoms with Crippen molar-refractivity contribution in [3.63, 3.8) is 0 Å². The van der Waals surface area contributed by atoms with E-state index < -0.39 is 0 Å². The van der Waals surface area contributed by atoms with Crippen LogP contribution in [0, 0.1) is 5.92 Å². The van der Waals surface area contributed by atoms with Gasteiger partial charge in [-0.1, -0.05) is 11.6 Å². The van der Waals surface area contributed by atoms with Crippen molar-refractivity contribution in [1.82, 2.24) is 10.6 Å². The minimum atomic E-state index is 0.527. The SMILES string of the molecule is CN=C(NCCCOCC1CCOCC1)NCc1cc(Cl)c2c(c1)OCCO2. The molecule has 1 aromatic carbocycles. The van der Waals surface area contributed by atoms with E-state index in [9.17, 15) is 0 Å². The second-order valence-electron chi connectivity index (χ2n) is 6.94. The highest BCUT2D eigenvalue weighted by atomic mass is 35.5. The Morgan fingerprint density at radius 1 is 1.18 bits per heavy atom. The van der Waals surface area contributed by atoms with Gasteiger partial charge in [0.05, 0.1) is 5.02 Å². The van der Waals surface area contributed by atoms with Crippen LogP contribution in [0.5, 0.6) is 11.5 Å². The van der Waals surface area contributed by atoms with Gasteiger partial charge >= 0.3 is 0 Å². The van der Waals surface area contributed by atoms with Gasteiger partial charge in [0.15, 0.2) is 17.5 Å². The molecule has 156 valence electrons. The molecular formula is C20H30ClN3O4. The lowest BCUT2D eigenvalue weighted by Crippen LogP contribution is -2.37. The Morgan fingerprint density at radius 2 is 2.00 bits per heavy atom. The van der Waals surface area contributed by atoms with Gasteiger partial charge in [-0.2, -0.15) is 0 Å². The number of hydrogen-bond acceptors (Lipinski definition) is 5. The number of hydrogen-bond donors (Lipinski definition) is 2. The number of nitrogens with one attached hydrogen (secondary N) is 2. The van der Waals surface area contributed by atoms with Crippen molar-refractivity contribution >= 4 is 17.6 Å². The first-order valence-corrected chi connectivity index (χ1v) is 10.3. The van der Waals surface area contributed by atoms with Crippen LogP contribution < -0.4 is 20.1 Å². The van der Waals surface area contributed by atoms with Crippen LogP contribution >= 0.6 is 11.6 Å². The zero-order chi connectivity index (χ0) is 19.6. The lowest BCUT2D eigenvalue weighted by atomic mass is 10.0. The summed E-state index contributed by atoms with van der Waals surface area (Å²) >= 11 is 6.29. The molecule has 0 spiro atoms. The Hall–Kier alpha value is -1.70. The van der Waals surface area contributed by atoms with Crippen LogP contribution in [0.3, 0.4) is 0 Å². The van der Waals surface area contributed by atoms with Gasteiger partial charge < -0.3 is 29.6 Å². The normalized spacial score (nSPS) is 17.4. The van der Waals surface area contributed by atoms with Crippen molar-refractivity contribution in [2.45, 2.75) is 25.8 Å². The molecule has 1 aromatic rings. The number of halogens is 1. The number of guanidine groups is 1. The molecule has 0 unspecified atom stereocenters. The maximum absolute atomic E-state index is 6.29. The molecule has 28 heavy (non-hydrogen) atoms. The van der Waals surface area contributed by atoms with E-state index in [1.54, 1.807) is 7.05 Å². The lowest BCUT2D eigenvalue weighted by molar-refractivity contribution is 0.0203. The van der Waals surface area contributed by atoms with E-state index in [4.69, 9.17) is 30.5 Å². The summed E-state index contributed by atoms with van der Waals surface area (Å²) in [5.74, 6) is 2.71. The largest absolute Gasteiger partial charge is 0.486 e. The van der Waals surface area contributed by atoms with Crippen molar-refractivity contribution in [2.75, 3.05) is 53.2 Å². The molecule has 1 fully saturated rings. The standard InChI is InChI=1S/C20H30ClN3O4/c1-22-20(23-5-2-6-26-14-15-3-7-25-8-4-15)24-13-16-11-17(21)19-18(12-16)27-9-10-28-19/h11-12,15H,2-10,13-14H2,1H3,(H2,22,23,24). The average Bonchev–Trinajstić information content (AvgIpc) is 2.73. The van der Waals surface area contributed by atoms with Gasteiger partial charge in [-0.3, -0.25) is 4.99 Å². The smallest absolute Gasteiger partial charge is 0.191 e. The lowest BCUT2D eigenvalue weighted by Gasteiger charge is -2.21. The van der Waals surface area contributed by atoms with Gasteiger partial charge in [-0.25, -0.2) is 0 Å². The highest BCUT2D eigenvalue weighted by Gasteiger charge is 2.17. The zero-order valence-electron chi connectivity index (χ0n) is 16.5. The summed E-state index contributed by atoms with van der Waals surface area (Å²) in [6.07, 6.45) is 3.15. The van der Waals surface area contributed by atoms with Gasteiger partial charge in [-0.05, 0) is 42.9 Å². The summed E-state index contributed by atoms with van der Waals surface area (Å²) in [6.45, 7) is 5.78. The number of fused-ring (bicyclic) bond motifs is 1. The van der Waals surface area contributed by atoms with Crippen LogP contribution in [-0.2, 0) is 16.0 Å². The van der Waals surface area contributed by atoms with E-state index in [2.05, 4.69) is 15.6 Å². The van der Waals surface area contributed by atoms with Crippen LogP contribution in [0.25, 0.3) is 0 Å². The highest BCUT2D eigenvalue weighted by Crippen LogP contribution is 2.38. The van der Waals surface area contributed by atoms with Crippen molar-refractivity contribution in [3.8, 4) is 11.5 Å². The summed E-state index contributed by atoms with van der Waals surface area (Å²) < 4.78 is 22.3. The van der Waals surface area contributed by atoms with Gasteiger partial charge in [0, 0.05) is 46.6 Å². The summed E-state index contributed by atoms with van der Waals surface area (Å²) in [7, 11) is 1.76. The van der Waals surface area contributed by atoms with Crippen LogP contribution in [-0.4, -0.2) is 59.2 Å². The molecule has 0 saturated carbocycles. The molecule has 2 aliphatic heterocycles. The van der Waals surface area contributed by atoms with Crippen LogP contribution in [0.2, 0.25) is 5.02 Å². The average molecular weight is 412 g/mol. The van der Waals surface area contributed by atoms with E-state index in [1.165, 1.54) is 0 Å². The number of benzene rings is 1. The minimum Gasteiger partial charge on any atom is -0.486 e. The van der Waals surface area contributed by atoms with Crippen molar-refractivity contribution in [3.05, 3.63) is 22.7 Å². The van der Waals surface area contributed by atoms with E-state index in [1.807, 2.05) is 12.1 Å². The first kappa shape index (κ1) is 21.0. The maximum Gasteiger partial charge on any atom is 0.191 e. The van der Waals surface area contributed by atoms with Crippen LogP contribution in [0.1, 0.15) is 24.8 Å². The predicted molar refractivity (Wildman–Crippen MR) is 110 cm³/mol. The molecule has 7 nitrogen and oxygen atoms in total. The van der Waals surface area contributed by atoms with Crippen molar-refractivity contribution < 1.29 is 18.9 Å². The molecule has 0 aromatic heterocycles. The minimum absolute atomic E-state index is 0.527. The second-order valence-corrected chi connectivity index (χ2v) is 7.35. The monoisotopic (exact) mass is 411 g/mol. The van der Waals surface area contributed by atoms with Gasteiger partial charge in [0.2, 0.25) is 0 Å². The molecule has 0 aliphatic carbocycles. The fourth-order valence-corrected chi connectivity index (χ4v) is 3.50. The van der Waals surface area contributed by atoms with E-state index >= 15 is 0 Å². The number of nitrogens with zero attached hydrogens (tertiary/aromatic N) is 1. The fourth-order valence-electron chi connectivity index (χ4n) is 3.22. The fraction of sp³-hybridized carbons (Fsp3) is 0.650. The summed E-state index contributed by atoms with van der Waals surface area (Å²) in [5, 5.41) is 7.16. The Labute approximate surface area is 171 Å². The summed E-state index contributed by atoms with van der Waals surface area (Å²) in [6, 6.07) is 3.84. The number of aliphatic imine (C=N–C) groups is 1. The first-order valence-electron chi connectivity index (χ1n) is 9.94. The molecule has 3 rings (SSSR count). The number of rotatable bonds is 8. The molecule has 2 N–H and O–H groups in total. The molecule has 1 saturated heterocycles. The van der Waals surface area contributed by atoms with E-state index in [0.29, 0.717) is 42.2 Å². The molecule has 2 heterocycles. The van der Waals surface area contributed by atoms with E-state index in [-0.39, 0.29) is 0 Å². The highest BCUT2D eigenvalue weighted by molar-refractivity contribution is 6.32. The molecule has 8 heteroatoms. The van der Waals surface area contributed by atoms with Crippen LogP contribution in [0.15, 0.2) is 17.1 Å². The van der Waals surface area contributed by atoms with Crippen molar-refractivity contribution in [2.24, 2.45) is 10.9 Å². The third-order valence-electron chi connectivity index (χ3n) is 4.79.